The van der Waals surface area contributed by atoms with Crippen LogP contribution in [0.5, 0.6) is 0 Å². The van der Waals surface area contributed by atoms with Gasteiger partial charge in [0.2, 0.25) is 5.91 Å². The van der Waals surface area contributed by atoms with Crippen LogP contribution in [0.3, 0.4) is 0 Å². The second kappa shape index (κ2) is 7.58. The van der Waals surface area contributed by atoms with Gasteiger partial charge in [-0.3, -0.25) is 9.59 Å². The molecule has 2 aromatic heterocycles. The highest BCUT2D eigenvalue weighted by Gasteiger charge is 2.27. The highest BCUT2D eigenvalue weighted by atomic mass is 35.5. The Hall–Kier alpha value is -1.90. The van der Waals surface area contributed by atoms with Crippen LogP contribution in [0.4, 0.5) is 5.13 Å². The van der Waals surface area contributed by atoms with Crippen molar-refractivity contribution in [2.45, 2.75) is 32.2 Å². The van der Waals surface area contributed by atoms with Gasteiger partial charge in [-0.2, -0.15) is 0 Å². The molecule has 2 heterocycles. The number of rotatable bonds is 6. The van der Waals surface area contributed by atoms with E-state index in [2.05, 4.69) is 15.3 Å². The van der Waals surface area contributed by atoms with Crippen molar-refractivity contribution in [3.05, 3.63) is 23.3 Å². The summed E-state index contributed by atoms with van der Waals surface area (Å²) in [5.41, 5.74) is 11.9. The maximum Gasteiger partial charge on any atom is 0.265 e. The maximum absolute atomic E-state index is 12.1. The molecule has 0 saturated carbocycles. The van der Waals surface area contributed by atoms with Gasteiger partial charge in [-0.05, 0) is 19.4 Å². The molecular formula is C14H20ClN5O2S. The Bertz CT molecular complexity index is 695. The summed E-state index contributed by atoms with van der Waals surface area (Å²) in [4.78, 5) is 30.3. The standard InChI is InChI=1S/C14H19N5O2S.ClH/c1-3-4-14(2,16)12(21)19-13-18-10(7-22-13)8-5-9(11(15)20)17-6-8;/h5-7,17H,3-4,16H2,1-2H3,(H2,15,20)(H,18,19,21);1H. The monoisotopic (exact) mass is 357 g/mol. The lowest BCUT2D eigenvalue weighted by atomic mass is 9.97. The molecule has 0 fully saturated rings. The van der Waals surface area contributed by atoms with Crippen molar-refractivity contribution in [1.82, 2.24) is 9.97 Å². The number of hydrogen-bond acceptors (Lipinski definition) is 5. The molecule has 7 nitrogen and oxygen atoms in total. The molecule has 0 spiro atoms. The van der Waals surface area contributed by atoms with E-state index in [1.807, 2.05) is 6.92 Å². The Morgan fingerprint density at radius 1 is 1.48 bits per heavy atom. The molecule has 6 N–H and O–H groups in total. The first kappa shape index (κ1) is 19.1. The quantitative estimate of drug-likeness (QED) is 0.631. The van der Waals surface area contributed by atoms with E-state index in [9.17, 15) is 9.59 Å². The number of nitrogens with two attached hydrogens (primary N) is 2. The van der Waals surface area contributed by atoms with Gasteiger partial charge in [-0.25, -0.2) is 4.98 Å². The van der Waals surface area contributed by atoms with E-state index >= 15 is 0 Å². The zero-order valence-electron chi connectivity index (χ0n) is 12.9. The number of nitrogens with zero attached hydrogens (tertiary/aromatic N) is 1. The zero-order valence-corrected chi connectivity index (χ0v) is 14.5. The van der Waals surface area contributed by atoms with Crippen LogP contribution in [0.2, 0.25) is 0 Å². The van der Waals surface area contributed by atoms with Crippen molar-refractivity contribution in [3.63, 3.8) is 0 Å². The van der Waals surface area contributed by atoms with Crippen LogP contribution in [0.25, 0.3) is 11.3 Å². The lowest BCUT2D eigenvalue weighted by Crippen LogP contribution is -2.48. The predicted molar refractivity (Wildman–Crippen MR) is 93.8 cm³/mol. The van der Waals surface area contributed by atoms with Crippen molar-refractivity contribution < 1.29 is 9.59 Å². The molecule has 1 unspecified atom stereocenters. The molecule has 0 radical (unpaired) electrons. The largest absolute Gasteiger partial charge is 0.364 e. The van der Waals surface area contributed by atoms with Crippen LogP contribution in [-0.2, 0) is 4.79 Å². The fourth-order valence-electron chi connectivity index (χ4n) is 2.02. The highest BCUT2D eigenvalue weighted by Crippen LogP contribution is 2.26. The lowest BCUT2D eigenvalue weighted by molar-refractivity contribution is -0.120. The number of aromatic nitrogens is 2. The normalized spacial score (nSPS) is 13.0. The average Bonchev–Trinajstić information content (AvgIpc) is 3.06. The average molecular weight is 358 g/mol. The fraction of sp³-hybridized carbons (Fsp3) is 0.357. The van der Waals surface area contributed by atoms with E-state index in [1.165, 1.54) is 11.3 Å². The minimum Gasteiger partial charge on any atom is -0.364 e. The van der Waals surface area contributed by atoms with Gasteiger partial charge in [0.15, 0.2) is 5.13 Å². The number of amides is 2. The van der Waals surface area contributed by atoms with Gasteiger partial charge < -0.3 is 21.8 Å². The molecule has 126 valence electrons. The van der Waals surface area contributed by atoms with Crippen LogP contribution in [0.15, 0.2) is 17.6 Å². The molecule has 2 rings (SSSR count). The third-order valence-corrected chi connectivity index (χ3v) is 4.01. The number of nitrogens with one attached hydrogen (secondary N) is 2. The van der Waals surface area contributed by atoms with Crippen molar-refractivity contribution in [3.8, 4) is 11.3 Å². The summed E-state index contributed by atoms with van der Waals surface area (Å²) in [5.74, 6) is -0.796. The lowest BCUT2D eigenvalue weighted by Gasteiger charge is -2.21. The summed E-state index contributed by atoms with van der Waals surface area (Å²) < 4.78 is 0. The SMILES string of the molecule is CCCC(C)(N)C(=O)Nc1nc(-c2c[nH]c(C(N)=O)c2)cs1.Cl. The van der Waals surface area contributed by atoms with Gasteiger partial charge in [-0.15, -0.1) is 23.7 Å². The first-order chi connectivity index (χ1) is 10.3. The van der Waals surface area contributed by atoms with Crippen LogP contribution >= 0.6 is 23.7 Å². The smallest absolute Gasteiger partial charge is 0.265 e. The summed E-state index contributed by atoms with van der Waals surface area (Å²) in [6, 6.07) is 1.62. The van der Waals surface area contributed by atoms with E-state index in [0.29, 0.717) is 22.9 Å². The second-order valence-electron chi connectivity index (χ2n) is 5.33. The highest BCUT2D eigenvalue weighted by molar-refractivity contribution is 7.14. The van der Waals surface area contributed by atoms with Crippen molar-refractivity contribution >= 4 is 40.7 Å². The summed E-state index contributed by atoms with van der Waals surface area (Å²) in [7, 11) is 0. The van der Waals surface area contributed by atoms with Crippen LogP contribution < -0.4 is 16.8 Å². The van der Waals surface area contributed by atoms with Gasteiger partial charge in [-0.1, -0.05) is 13.3 Å². The first-order valence-electron chi connectivity index (χ1n) is 6.88. The van der Waals surface area contributed by atoms with Gasteiger partial charge in [0.1, 0.15) is 5.69 Å². The third-order valence-electron chi connectivity index (χ3n) is 3.26. The molecule has 0 aliphatic rings. The van der Waals surface area contributed by atoms with Crippen LogP contribution in [0, 0.1) is 0 Å². The minimum atomic E-state index is -0.923. The maximum atomic E-state index is 12.1. The minimum absolute atomic E-state index is 0. The number of primary amides is 1. The number of carbonyl (C=O) groups is 2. The molecule has 0 bridgehead atoms. The zero-order chi connectivity index (χ0) is 16.3. The third kappa shape index (κ3) is 4.54. The number of carbonyl (C=O) groups excluding carboxylic acids is 2. The van der Waals surface area contributed by atoms with E-state index in [-0.39, 0.29) is 18.3 Å². The summed E-state index contributed by atoms with van der Waals surface area (Å²) >= 11 is 1.30. The number of H-pyrrole nitrogens is 1. The molecular weight excluding hydrogens is 338 g/mol. The number of hydrogen-bond donors (Lipinski definition) is 4. The molecule has 0 aliphatic heterocycles. The molecule has 0 saturated heterocycles. The van der Waals surface area contributed by atoms with E-state index in [1.54, 1.807) is 24.6 Å². The van der Waals surface area contributed by atoms with E-state index in [0.717, 1.165) is 12.0 Å². The van der Waals surface area contributed by atoms with Gasteiger partial charge in [0.05, 0.1) is 11.2 Å². The van der Waals surface area contributed by atoms with E-state index < -0.39 is 11.4 Å². The molecule has 2 amide bonds. The molecule has 0 aromatic carbocycles. The van der Waals surface area contributed by atoms with Crippen LogP contribution in [0.1, 0.15) is 37.2 Å². The number of thiazole rings is 1. The van der Waals surface area contributed by atoms with Gasteiger partial charge in [0.25, 0.3) is 5.91 Å². The molecule has 9 heteroatoms. The topological polar surface area (TPSA) is 127 Å². The number of halogens is 1. The fourth-order valence-corrected chi connectivity index (χ4v) is 2.74. The predicted octanol–water partition coefficient (Wildman–Crippen LogP) is 2.11. The van der Waals surface area contributed by atoms with E-state index in [4.69, 9.17) is 11.5 Å². The number of aromatic amines is 1. The van der Waals surface area contributed by atoms with Crippen molar-refractivity contribution in [2.75, 3.05) is 5.32 Å². The second-order valence-corrected chi connectivity index (χ2v) is 6.18. The van der Waals surface area contributed by atoms with Crippen molar-refractivity contribution in [2.24, 2.45) is 11.5 Å². The van der Waals surface area contributed by atoms with Crippen molar-refractivity contribution in [1.29, 1.82) is 0 Å². The Morgan fingerprint density at radius 2 is 2.17 bits per heavy atom. The van der Waals surface area contributed by atoms with Crippen LogP contribution in [-0.4, -0.2) is 27.3 Å². The Balaban J connectivity index is 0.00000264. The molecule has 2 aromatic rings. The Labute approximate surface area is 144 Å². The summed E-state index contributed by atoms with van der Waals surface area (Å²) in [6.45, 7) is 3.67. The number of anilines is 1. The Kier molecular flexibility index (Phi) is 6.31. The van der Waals surface area contributed by atoms with Gasteiger partial charge >= 0.3 is 0 Å². The molecule has 0 aliphatic carbocycles. The first-order valence-corrected chi connectivity index (χ1v) is 7.76. The van der Waals surface area contributed by atoms with Gasteiger partial charge in [0, 0.05) is 17.1 Å². The molecule has 23 heavy (non-hydrogen) atoms. The Morgan fingerprint density at radius 3 is 2.74 bits per heavy atom. The summed E-state index contributed by atoms with van der Waals surface area (Å²) in [6.07, 6.45) is 3.06. The summed E-state index contributed by atoms with van der Waals surface area (Å²) in [5, 5.41) is 4.98. The molecule has 1 atom stereocenters.